The Labute approximate surface area is 129 Å². The van der Waals surface area contributed by atoms with Gasteiger partial charge in [-0.15, -0.1) is 0 Å². The number of oxime groups is 1. The molecule has 0 aliphatic rings. The lowest BCUT2D eigenvalue weighted by Crippen LogP contribution is -2.08. The molecule has 0 atom stereocenters. The lowest BCUT2D eigenvalue weighted by Gasteiger charge is -2.11. The molecule has 0 unspecified atom stereocenters. The van der Waals surface area contributed by atoms with Gasteiger partial charge in [0.05, 0.1) is 11.8 Å². The van der Waals surface area contributed by atoms with Crippen molar-refractivity contribution in [2.24, 2.45) is 5.16 Å². The van der Waals surface area contributed by atoms with E-state index in [4.69, 9.17) is 10.5 Å². The van der Waals surface area contributed by atoms with E-state index in [0.717, 1.165) is 12.1 Å². The van der Waals surface area contributed by atoms with E-state index in [0.29, 0.717) is 5.56 Å². The first-order chi connectivity index (χ1) is 10.9. The Morgan fingerprint density at radius 3 is 2.78 bits per heavy atom. The summed E-state index contributed by atoms with van der Waals surface area (Å²) in [4.78, 5) is 12.2. The summed E-state index contributed by atoms with van der Waals surface area (Å²) < 4.78 is 43.5. The number of nitrogens with zero attached hydrogens (tertiary/aromatic N) is 3. The molecule has 1 heterocycles. The minimum Gasteiger partial charge on any atom is -0.472 e. The van der Waals surface area contributed by atoms with Gasteiger partial charge in [-0.25, -0.2) is 9.97 Å². The highest BCUT2D eigenvalue weighted by Gasteiger charge is 2.30. The molecule has 2 rings (SSSR count). The van der Waals surface area contributed by atoms with Gasteiger partial charge in [-0.05, 0) is 17.7 Å². The molecule has 0 fully saturated rings. The van der Waals surface area contributed by atoms with E-state index in [1.165, 1.54) is 31.8 Å². The van der Waals surface area contributed by atoms with Crippen molar-refractivity contribution in [1.82, 2.24) is 9.97 Å². The van der Waals surface area contributed by atoms with E-state index in [2.05, 4.69) is 20.0 Å². The monoisotopic (exact) mass is 326 g/mol. The summed E-state index contributed by atoms with van der Waals surface area (Å²) in [6, 6.07) is 4.82. The molecule has 0 radical (unpaired) electrons. The summed E-state index contributed by atoms with van der Waals surface area (Å²) in [6.45, 7) is -0.117. The Morgan fingerprint density at radius 2 is 2.09 bits per heavy atom. The van der Waals surface area contributed by atoms with Gasteiger partial charge in [-0.1, -0.05) is 17.3 Å². The van der Waals surface area contributed by atoms with E-state index in [1.54, 1.807) is 0 Å². The number of nitrogen functional groups attached to an aromatic ring is 1. The van der Waals surface area contributed by atoms with E-state index < -0.39 is 11.7 Å². The third-order valence-corrected chi connectivity index (χ3v) is 2.80. The molecule has 1 aromatic heterocycles. The van der Waals surface area contributed by atoms with Crippen LogP contribution >= 0.6 is 0 Å². The zero-order valence-corrected chi connectivity index (χ0v) is 12.0. The van der Waals surface area contributed by atoms with Crippen LogP contribution in [0.25, 0.3) is 0 Å². The third kappa shape index (κ3) is 4.31. The highest BCUT2D eigenvalue weighted by Crippen LogP contribution is 2.29. The molecule has 0 aliphatic carbocycles. The molecule has 23 heavy (non-hydrogen) atoms. The fraction of sp³-hybridized carbons (Fsp3) is 0.214. The Kier molecular flexibility index (Phi) is 4.99. The normalized spacial score (nSPS) is 11.7. The van der Waals surface area contributed by atoms with E-state index in [-0.39, 0.29) is 23.9 Å². The molecule has 1 aromatic carbocycles. The molecule has 2 N–H and O–H groups in total. The second-order valence-corrected chi connectivity index (χ2v) is 4.38. The standard InChI is InChI=1S/C14H13F3N4O2/c1-22-21-6-11-12(18)19-8-20-13(11)23-7-9-3-2-4-10(5-9)14(15,16)17/h2-6,8H,7H2,1H3,(H2,18,19,20)/b21-6+. The molecule has 0 saturated carbocycles. The van der Waals surface area contributed by atoms with Crippen molar-refractivity contribution in [3.63, 3.8) is 0 Å². The van der Waals surface area contributed by atoms with Crippen molar-refractivity contribution < 1.29 is 22.7 Å². The van der Waals surface area contributed by atoms with Crippen LogP contribution in [-0.2, 0) is 17.6 Å². The molecular weight excluding hydrogens is 313 g/mol. The average Bonchev–Trinajstić information content (AvgIpc) is 2.51. The fourth-order valence-electron chi connectivity index (χ4n) is 1.72. The van der Waals surface area contributed by atoms with Crippen LogP contribution in [0, 0.1) is 0 Å². The highest BCUT2D eigenvalue weighted by molar-refractivity contribution is 5.87. The van der Waals surface area contributed by atoms with Crippen molar-refractivity contribution in [2.75, 3.05) is 12.8 Å². The largest absolute Gasteiger partial charge is 0.472 e. The van der Waals surface area contributed by atoms with Gasteiger partial charge >= 0.3 is 6.18 Å². The molecule has 0 aliphatic heterocycles. The molecule has 0 bridgehead atoms. The molecule has 6 nitrogen and oxygen atoms in total. The summed E-state index contributed by atoms with van der Waals surface area (Å²) in [7, 11) is 1.35. The van der Waals surface area contributed by atoms with E-state index >= 15 is 0 Å². The number of halogens is 3. The minimum absolute atomic E-state index is 0.0933. The number of rotatable bonds is 5. The van der Waals surface area contributed by atoms with Gasteiger partial charge in [0.15, 0.2) is 0 Å². The van der Waals surface area contributed by atoms with Crippen LogP contribution in [0.1, 0.15) is 16.7 Å². The maximum absolute atomic E-state index is 12.7. The summed E-state index contributed by atoms with van der Waals surface area (Å²) in [5, 5.41) is 3.55. The predicted octanol–water partition coefficient (Wildman–Crippen LogP) is 2.64. The van der Waals surface area contributed by atoms with Crippen molar-refractivity contribution in [2.45, 2.75) is 12.8 Å². The Balaban J connectivity index is 2.19. The summed E-state index contributed by atoms with van der Waals surface area (Å²) in [5.74, 6) is 0.204. The minimum atomic E-state index is -4.41. The van der Waals surface area contributed by atoms with Crippen molar-refractivity contribution in [3.8, 4) is 5.88 Å². The average molecular weight is 326 g/mol. The van der Waals surface area contributed by atoms with Gasteiger partial charge in [0.2, 0.25) is 5.88 Å². The van der Waals surface area contributed by atoms with Crippen LogP contribution in [0.15, 0.2) is 35.7 Å². The van der Waals surface area contributed by atoms with E-state index in [1.807, 2.05) is 0 Å². The maximum Gasteiger partial charge on any atom is 0.416 e. The molecule has 9 heteroatoms. The fourth-order valence-corrected chi connectivity index (χ4v) is 1.72. The molecule has 122 valence electrons. The first kappa shape index (κ1) is 16.5. The first-order valence-electron chi connectivity index (χ1n) is 6.37. The molecule has 0 spiro atoms. The number of nitrogens with two attached hydrogens (primary N) is 1. The molecule has 0 saturated heterocycles. The summed E-state index contributed by atoms with van der Waals surface area (Å²) >= 11 is 0. The number of hydrogen-bond acceptors (Lipinski definition) is 6. The van der Waals surface area contributed by atoms with Crippen LogP contribution in [0.4, 0.5) is 19.0 Å². The first-order valence-corrected chi connectivity index (χ1v) is 6.37. The van der Waals surface area contributed by atoms with Crippen LogP contribution < -0.4 is 10.5 Å². The SMILES string of the molecule is CO/N=C/c1c(N)ncnc1OCc1cccc(C(F)(F)F)c1. The number of anilines is 1. The Hall–Kier alpha value is -2.84. The third-order valence-electron chi connectivity index (χ3n) is 2.80. The number of benzene rings is 1. The van der Waals surface area contributed by atoms with Gasteiger partial charge in [-0.2, -0.15) is 13.2 Å². The van der Waals surface area contributed by atoms with Gasteiger partial charge < -0.3 is 15.3 Å². The number of alkyl halides is 3. The van der Waals surface area contributed by atoms with Gasteiger partial charge in [-0.3, -0.25) is 0 Å². The van der Waals surface area contributed by atoms with Crippen LogP contribution in [0.2, 0.25) is 0 Å². The van der Waals surface area contributed by atoms with Gasteiger partial charge in [0.1, 0.15) is 31.4 Å². The van der Waals surface area contributed by atoms with Crippen LogP contribution in [0.3, 0.4) is 0 Å². The summed E-state index contributed by atoms with van der Waals surface area (Å²) in [5.41, 5.74) is 5.56. The highest BCUT2D eigenvalue weighted by atomic mass is 19.4. The molecular formula is C14H13F3N4O2. The lowest BCUT2D eigenvalue weighted by molar-refractivity contribution is -0.137. The topological polar surface area (TPSA) is 82.6 Å². The second-order valence-electron chi connectivity index (χ2n) is 4.38. The summed E-state index contributed by atoms with van der Waals surface area (Å²) in [6.07, 6.45) is -1.97. The predicted molar refractivity (Wildman–Crippen MR) is 76.8 cm³/mol. The molecule has 2 aromatic rings. The van der Waals surface area contributed by atoms with Crippen molar-refractivity contribution >= 4 is 12.0 Å². The quantitative estimate of drug-likeness (QED) is 0.674. The van der Waals surface area contributed by atoms with Crippen molar-refractivity contribution in [3.05, 3.63) is 47.3 Å². The van der Waals surface area contributed by atoms with Gasteiger partial charge in [0.25, 0.3) is 0 Å². The number of ether oxygens (including phenoxy) is 1. The van der Waals surface area contributed by atoms with E-state index in [9.17, 15) is 13.2 Å². The van der Waals surface area contributed by atoms with Crippen molar-refractivity contribution in [1.29, 1.82) is 0 Å². The number of hydrogen-bond donors (Lipinski definition) is 1. The van der Waals surface area contributed by atoms with Crippen LogP contribution in [0.5, 0.6) is 5.88 Å². The van der Waals surface area contributed by atoms with Crippen LogP contribution in [-0.4, -0.2) is 23.3 Å². The Bertz CT molecular complexity index is 705. The zero-order chi connectivity index (χ0) is 16.9. The zero-order valence-electron chi connectivity index (χ0n) is 12.0. The lowest BCUT2D eigenvalue weighted by atomic mass is 10.1. The molecule has 0 amide bonds. The Morgan fingerprint density at radius 1 is 1.30 bits per heavy atom. The van der Waals surface area contributed by atoms with Gasteiger partial charge in [0, 0.05) is 0 Å². The second kappa shape index (κ2) is 6.95. The number of aromatic nitrogens is 2. The smallest absolute Gasteiger partial charge is 0.416 e. The maximum atomic E-state index is 12.7.